The molecule has 1 aromatic carbocycles. The summed E-state index contributed by atoms with van der Waals surface area (Å²) in [6, 6.07) is 5.88. The minimum atomic E-state index is -0.308. The molecule has 18 heavy (non-hydrogen) atoms. The minimum absolute atomic E-state index is 0.0159. The van der Waals surface area contributed by atoms with Crippen LogP contribution in [0.5, 0.6) is 0 Å². The van der Waals surface area contributed by atoms with E-state index in [-0.39, 0.29) is 17.6 Å². The number of anilines is 1. The van der Waals surface area contributed by atoms with Crippen LogP contribution in [-0.4, -0.2) is 19.5 Å². The molecule has 2 N–H and O–H groups in total. The van der Waals surface area contributed by atoms with Gasteiger partial charge in [-0.1, -0.05) is 13.8 Å². The van der Waals surface area contributed by atoms with Gasteiger partial charge >= 0.3 is 0 Å². The van der Waals surface area contributed by atoms with Gasteiger partial charge in [0.15, 0.2) is 0 Å². The third-order valence-electron chi connectivity index (χ3n) is 2.93. The molecule has 0 fully saturated rings. The molecule has 0 aliphatic carbocycles. The van der Waals surface area contributed by atoms with Crippen molar-refractivity contribution in [1.29, 1.82) is 0 Å². The smallest absolute Gasteiger partial charge is 0.231 e. The van der Waals surface area contributed by atoms with Crippen LogP contribution in [0.25, 0.3) is 0 Å². The third kappa shape index (κ3) is 3.81. The fourth-order valence-corrected chi connectivity index (χ4v) is 1.93. The molecule has 100 valence electrons. The molecule has 1 unspecified atom stereocenters. The second-order valence-corrected chi connectivity index (χ2v) is 4.94. The lowest BCUT2D eigenvalue weighted by molar-refractivity contribution is -0.122. The van der Waals surface area contributed by atoms with Crippen LogP contribution in [-0.2, 0) is 4.79 Å². The Kier molecular flexibility index (Phi) is 5.28. The number of nitrogens with zero attached hydrogens (tertiary/aromatic N) is 1. The Morgan fingerprint density at radius 1 is 1.33 bits per heavy atom. The van der Waals surface area contributed by atoms with Crippen molar-refractivity contribution in [3.05, 3.63) is 30.1 Å². The van der Waals surface area contributed by atoms with Crippen molar-refractivity contribution >= 4 is 11.6 Å². The Bertz CT molecular complexity index is 389. The highest BCUT2D eigenvalue weighted by molar-refractivity contribution is 5.94. The molecule has 0 bridgehead atoms. The number of benzene rings is 1. The lowest BCUT2D eigenvalue weighted by Crippen LogP contribution is -2.37. The molecule has 0 heterocycles. The van der Waals surface area contributed by atoms with E-state index in [9.17, 15) is 9.18 Å². The highest BCUT2D eigenvalue weighted by Crippen LogP contribution is 2.19. The largest absolute Gasteiger partial charge is 0.330 e. The Balaban J connectivity index is 2.78. The Morgan fingerprint density at radius 3 is 2.33 bits per heavy atom. The van der Waals surface area contributed by atoms with Crippen molar-refractivity contribution in [2.24, 2.45) is 17.6 Å². The van der Waals surface area contributed by atoms with Gasteiger partial charge in [0.2, 0.25) is 5.91 Å². The predicted octanol–water partition coefficient (Wildman–Crippen LogP) is 2.41. The van der Waals surface area contributed by atoms with E-state index < -0.39 is 0 Å². The highest BCUT2D eigenvalue weighted by atomic mass is 19.1. The van der Waals surface area contributed by atoms with E-state index >= 15 is 0 Å². The fourth-order valence-electron chi connectivity index (χ4n) is 1.93. The van der Waals surface area contributed by atoms with E-state index in [2.05, 4.69) is 13.8 Å². The second-order valence-electron chi connectivity index (χ2n) is 4.94. The number of carbonyl (C=O) groups is 1. The van der Waals surface area contributed by atoms with E-state index in [0.717, 1.165) is 6.42 Å². The molecule has 1 amide bonds. The quantitative estimate of drug-likeness (QED) is 0.874. The highest BCUT2D eigenvalue weighted by Gasteiger charge is 2.22. The Labute approximate surface area is 108 Å². The molecule has 0 aliphatic rings. The van der Waals surface area contributed by atoms with Gasteiger partial charge in [-0.05, 0) is 36.6 Å². The van der Waals surface area contributed by atoms with Crippen LogP contribution in [0.3, 0.4) is 0 Å². The molecule has 0 aromatic heterocycles. The van der Waals surface area contributed by atoms with Gasteiger partial charge < -0.3 is 10.6 Å². The molecule has 1 aromatic rings. The van der Waals surface area contributed by atoms with Crippen LogP contribution in [0.2, 0.25) is 0 Å². The van der Waals surface area contributed by atoms with Gasteiger partial charge in [-0.25, -0.2) is 4.39 Å². The SMILES string of the molecule is CC(C)CC(CN)C(=O)N(C)c1ccc(F)cc1. The lowest BCUT2D eigenvalue weighted by Gasteiger charge is -2.24. The van der Waals surface area contributed by atoms with Crippen LogP contribution in [0.4, 0.5) is 10.1 Å². The summed E-state index contributed by atoms with van der Waals surface area (Å²) in [6.07, 6.45) is 0.765. The maximum atomic E-state index is 12.8. The average molecular weight is 252 g/mol. The monoisotopic (exact) mass is 252 g/mol. The first-order chi connectivity index (χ1) is 8.45. The molecule has 0 aliphatic heterocycles. The van der Waals surface area contributed by atoms with E-state index in [1.54, 1.807) is 24.1 Å². The molecule has 1 rings (SSSR count). The second kappa shape index (κ2) is 6.50. The lowest BCUT2D eigenvalue weighted by atomic mass is 9.96. The van der Waals surface area contributed by atoms with Gasteiger partial charge in [0, 0.05) is 19.3 Å². The zero-order valence-corrected chi connectivity index (χ0v) is 11.2. The molecule has 1 atom stereocenters. The first kappa shape index (κ1) is 14.6. The van der Waals surface area contributed by atoms with Gasteiger partial charge in [0.25, 0.3) is 0 Å². The number of rotatable bonds is 5. The summed E-state index contributed by atoms with van der Waals surface area (Å²) in [6.45, 7) is 4.46. The molecule has 0 saturated heterocycles. The number of nitrogens with two attached hydrogens (primary N) is 1. The predicted molar refractivity (Wildman–Crippen MR) is 71.8 cm³/mol. The minimum Gasteiger partial charge on any atom is -0.330 e. The molecular formula is C14H21FN2O. The third-order valence-corrected chi connectivity index (χ3v) is 2.93. The van der Waals surface area contributed by atoms with E-state index in [4.69, 9.17) is 5.73 Å². The molecule has 3 nitrogen and oxygen atoms in total. The molecular weight excluding hydrogens is 231 g/mol. The summed E-state index contributed by atoms with van der Waals surface area (Å²) in [5.41, 5.74) is 6.34. The van der Waals surface area contributed by atoms with E-state index in [1.165, 1.54) is 12.1 Å². The van der Waals surface area contributed by atoms with Gasteiger partial charge in [0.1, 0.15) is 5.82 Å². The summed E-state index contributed by atoms with van der Waals surface area (Å²) in [7, 11) is 1.69. The van der Waals surface area contributed by atoms with Gasteiger partial charge in [-0.3, -0.25) is 4.79 Å². The zero-order chi connectivity index (χ0) is 13.7. The van der Waals surface area contributed by atoms with Crippen molar-refractivity contribution in [2.75, 3.05) is 18.5 Å². The first-order valence-corrected chi connectivity index (χ1v) is 6.19. The normalized spacial score (nSPS) is 12.6. The first-order valence-electron chi connectivity index (χ1n) is 6.19. The fraction of sp³-hybridized carbons (Fsp3) is 0.500. The Morgan fingerprint density at radius 2 is 1.89 bits per heavy atom. The van der Waals surface area contributed by atoms with Crippen molar-refractivity contribution < 1.29 is 9.18 Å². The summed E-state index contributed by atoms with van der Waals surface area (Å²) < 4.78 is 12.8. The van der Waals surface area contributed by atoms with Crippen LogP contribution in [0.1, 0.15) is 20.3 Å². The van der Waals surface area contributed by atoms with Crippen LogP contribution < -0.4 is 10.6 Å². The molecule has 4 heteroatoms. The molecule has 0 saturated carbocycles. The number of amides is 1. The van der Waals surface area contributed by atoms with Gasteiger partial charge in [0.05, 0.1) is 5.92 Å². The summed E-state index contributed by atoms with van der Waals surface area (Å²) in [4.78, 5) is 13.8. The van der Waals surface area contributed by atoms with Crippen molar-refractivity contribution in [3.63, 3.8) is 0 Å². The maximum Gasteiger partial charge on any atom is 0.231 e. The van der Waals surface area contributed by atoms with Crippen LogP contribution in [0.15, 0.2) is 24.3 Å². The van der Waals surface area contributed by atoms with E-state index in [0.29, 0.717) is 18.2 Å². The Hall–Kier alpha value is -1.42. The average Bonchev–Trinajstić information content (AvgIpc) is 2.35. The summed E-state index contributed by atoms with van der Waals surface area (Å²) in [5.74, 6) is -0.0841. The van der Waals surface area contributed by atoms with E-state index in [1.807, 2.05) is 0 Å². The van der Waals surface area contributed by atoms with Gasteiger partial charge in [-0.2, -0.15) is 0 Å². The van der Waals surface area contributed by atoms with Crippen molar-refractivity contribution in [3.8, 4) is 0 Å². The zero-order valence-electron chi connectivity index (χ0n) is 11.2. The topological polar surface area (TPSA) is 46.3 Å². The number of hydrogen-bond donors (Lipinski definition) is 1. The standard InChI is InChI=1S/C14H21FN2O/c1-10(2)8-11(9-16)14(18)17(3)13-6-4-12(15)5-7-13/h4-7,10-11H,8-9,16H2,1-3H3. The van der Waals surface area contributed by atoms with Crippen LogP contribution >= 0.6 is 0 Å². The molecule has 0 radical (unpaired) electrons. The maximum absolute atomic E-state index is 12.8. The number of halogens is 1. The summed E-state index contributed by atoms with van der Waals surface area (Å²) in [5, 5.41) is 0. The summed E-state index contributed by atoms with van der Waals surface area (Å²) >= 11 is 0. The number of hydrogen-bond acceptors (Lipinski definition) is 2. The molecule has 0 spiro atoms. The van der Waals surface area contributed by atoms with Crippen molar-refractivity contribution in [2.45, 2.75) is 20.3 Å². The van der Waals surface area contributed by atoms with Crippen LogP contribution in [0, 0.1) is 17.7 Å². The number of carbonyl (C=O) groups excluding carboxylic acids is 1. The van der Waals surface area contributed by atoms with Gasteiger partial charge in [-0.15, -0.1) is 0 Å². The van der Waals surface area contributed by atoms with Crippen molar-refractivity contribution in [1.82, 2.24) is 0 Å².